The van der Waals surface area contributed by atoms with E-state index in [0.29, 0.717) is 11.1 Å². The van der Waals surface area contributed by atoms with Crippen molar-refractivity contribution in [2.45, 2.75) is 26.6 Å². The van der Waals surface area contributed by atoms with E-state index in [-0.39, 0.29) is 11.5 Å². The van der Waals surface area contributed by atoms with Gasteiger partial charge in [0.2, 0.25) is 0 Å². The van der Waals surface area contributed by atoms with Crippen LogP contribution < -0.4 is 0 Å². The zero-order chi connectivity index (χ0) is 12.3. The van der Waals surface area contributed by atoms with Gasteiger partial charge in [0.15, 0.2) is 5.78 Å². The van der Waals surface area contributed by atoms with Crippen molar-refractivity contribution < 1.29 is 9.90 Å². The van der Waals surface area contributed by atoms with Crippen LogP contribution in [0.25, 0.3) is 0 Å². The number of hydrogen-bond donors (Lipinski definition) is 1. The van der Waals surface area contributed by atoms with E-state index >= 15 is 0 Å². The normalized spacial score (nSPS) is 10.5. The molecule has 0 aromatic heterocycles. The number of carbonyl (C=O) groups excluding carboxylic acids is 1. The van der Waals surface area contributed by atoms with Crippen LogP contribution in [0.15, 0.2) is 18.2 Å². The Morgan fingerprint density at radius 2 is 1.94 bits per heavy atom. The van der Waals surface area contributed by atoms with Crippen molar-refractivity contribution in [3.05, 3.63) is 29.3 Å². The number of hydrogen-bond acceptors (Lipinski definition) is 2. The number of phenolic OH excluding ortho intramolecular Hbond substituents is 1. The van der Waals surface area contributed by atoms with E-state index in [9.17, 15) is 9.90 Å². The van der Waals surface area contributed by atoms with E-state index in [4.69, 9.17) is 0 Å². The third-order valence-electron chi connectivity index (χ3n) is 1.99. The Morgan fingerprint density at radius 3 is 2.44 bits per heavy atom. The van der Waals surface area contributed by atoms with Crippen molar-refractivity contribution in [2.75, 3.05) is 0 Å². The van der Waals surface area contributed by atoms with E-state index in [1.165, 1.54) is 6.92 Å². The lowest BCUT2D eigenvalue weighted by atomic mass is 10.1. The highest BCUT2D eigenvalue weighted by Crippen LogP contribution is 2.22. The van der Waals surface area contributed by atoms with Crippen LogP contribution >= 0.6 is 0 Å². The summed E-state index contributed by atoms with van der Waals surface area (Å²) < 4.78 is 0. The molecule has 3 heteroatoms. The summed E-state index contributed by atoms with van der Waals surface area (Å²) in [5.74, 6) is 2.81. The topological polar surface area (TPSA) is 37.3 Å². The minimum atomic E-state index is -1.46. The average molecular weight is 232 g/mol. The summed E-state index contributed by atoms with van der Waals surface area (Å²) in [7, 11) is -1.46. The van der Waals surface area contributed by atoms with Crippen LogP contribution in [-0.2, 0) is 0 Å². The minimum absolute atomic E-state index is 0.000694. The van der Waals surface area contributed by atoms with Crippen LogP contribution in [0.2, 0.25) is 19.6 Å². The average Bonchev–Trinajstić information content (AvgIpc) is 2.14. The summed E-state index contributed by atoms with van der Waals surface area (Å²) in [5.41, 5.74) is 4.04. The van der Waals surface area contributed by atoms with Gasteiger partial charge in [-0.25, -0.2) is 0 Å². The van der Waals surface area contributed by atoms with Gasteiger partial charge >= 0.3 is 0 Å². The predicted octanol–water partition coefficient (Wildman–Crippen LogP) is 2.82. The quantitative estimate of drug-likeness (QED) is 0.459. The zero-order valence-electron chi connectivity index (χ0n) is 10.1. The number of ketones is 1. The van der Waals surface area contributed by atoms with E-state index in [0.717, 1.165) is 0 Å². The summed E-state index contributed by atoms with van der Waals surface area (Å²) in [4.78, 5) is 11.2. The third kappa shape index (κ3) is 3.25. The highest BCUT2D eigenvalue weighted by Gasteiger charge is 2.11. The van der Waals surface area contributed by atoms with Gasteiger partial charge in [0, 0.05) is 0 Å². The van der Waals surface area contributed by atoms with Crippen molar-refractivity contribution in [1.29, 1.82) is 0 Å². The van der Waals surface area contributed by atoms with Crippen LogP contribution in [0.1, 0.15) is 22.8 Å². The van der Waals surface area contributed by atoms with Gasteiger partial charge in [-0.05, 0) is 19.1 Å². The fourth-order valence-corrected chi connectivity index (χ4v) is 1.69. The Bertz CT molecular complexity index is 473. The van der Waals surface area contributed by atoms with Gasteiger partial charge in [-0.1, -0.05) is 31.6 Å². The maximum absolute atomic E-state index is 11.2. The second kappa shape index (κ2) is 4.54. The van der Waals surface area contributed by atoms with Crippen molar-refractivity contribution in [3.63, 3.8) is 0 Å². The first kappa shape index (κ1) is 12.5. The molecule has 0 unspecified atom stereocenters. The molecule has 0 bridgehead atoms. The molecule has 1 rings (SSSR count). The Morgan fingerprint density at radius 1 is 1.31 bits per heavy atom. The van der Waals surface area contributed by atoms with Crippen molar-refractivity contribution >= 4 is 13.9 Å². The van der Waals surface area contributed by atoms with Gasteiger partial charge in [-0.15, -0.1) is 5.54 Å². The molecule has 0 saturated carbocycles. The Labute approximate surface area is 97.3 Å². The van der Waals surface area contributed by atoms with E-state index in [2.05, 4.69) is 31.1 Å². The first-order valence-corrected chi connectivity index (χ1v) is 8.67. The van der Waals surface area contributed by atoms with Gasteiger partial charge in [-0.2, -0.15) is 0 Å². The first-order chi connectivity index (χ1) is 7.31. The molecule has 16 heavy (non-hydrogen) atoms. The predicted molar refractivity (Wildman–Crippen MR) is 68.3 cm³/mol. The molecule has 0 heterocycles. The van der Waals surface area contributed by atoms with Gasteiger partial charge < -0.3 is 5.11 Å². The summed E-state index contributed by atoms with van der Waals surface area (Å²) in [6.07, 6.45) is 0. The molecular formula is C13H16O2Si. The standard InChI is InChI=1S/C13H16O2Si/c1-10(14)12-7-5-6-11(13(12)15)8-9-16(2,3)4/h5-7,15H,1-4H3. The lowest BCUT2D eigenvalue weighted by Crippen LogP contribution is -2.16. The monoisotopic (exact) mass is 232 g/mol. The molecule has 0 spiro atoms. The molecule has 2 nitrogen and oxygen atoms in total. The fourth-order valence-electron chi connectivity index (χ4n) is 1.18. The summed E-state index contributed by atoms with van der Waals surface area (Å²) in [5, 5.41) is 9.85. The lowest BCUT2D eigenvalue weighted by Gasteiger charge is -2.05. The number of rotatable bonds is 1. The molecule has 0 aliphatic rings. The summed E-state index contributed by atoms with van der Waals surface area (Å²) in [6, 6.07) is 5.08. The molecule has 0 amide bonds. The number of aromatic hydroxyl groups is 1. The van der Waals surface area contributed by atoms with Gasteiger partial charge in [0.1, 0.15) is 13.8 Å². The van der Waals surface area contributed by atoms with Crippen LogP contribution in [0.5, 0.6) is 5.75 Å². The SMILES string of the molecule is CC(=O)c1cccc(C#C[Si](C)(C)C)c1O. The van der Waals surface area contributed by atoms with E-state index in [1.807, 2.05) is 0 Å². The van der Waals surface area contributed by atoms with Crippen LogP contribution in [0.4, 0.5) is 0 Å². The van der Waals surface area contributed by atoms with Crippen LogP contribution in [0.3, 0.4) is 0 Å². The molecule has 0 aliphatic carbocycles. The molecule has 1 N–H and O–H groups in total. The number of carbonyl (C=O) groups is 1. The Hall–Kier alpha value is -1.53. The second-order valence-corrected chi connectivity index (χ2v) is 9.51. The maximum atomic E-state index is 11.2. The Kier molecular flexibility index (Phi) is 3.56. The van der Waals surface area contributed by atoms with E-state index in [1.54, 1.807) is 18.2 Å². The highest BCUT2D eigenvalue weighted by molar-refractivity contribution is 6.83. The van der Waals surface area contributed by atoms with Gasteiger partial charge in [0.25, 0.3) is 0 Å². The summed E-state index contributed by atoms with van der Waals surface area (Å²) in [6.45, 7) is 7.83. The fraction of sp³-hybridized carbons (Fsp3) is 0.308. The molecule has 1 aromatic rings. The van der Waals surface area contributed by atoms with Crippen LogP contribution in [0, 0.1) is 11.5 Å². The molecular weight excluding hydrogens is 216 g/mol. The summed E-state index contributed by atoms with van der Waals surface area (Å²) >= 11 is 0. The molecule has 1 aromatic carbocycles. The highest BCUT2D eigenvalue weighted by atomic mass is 28.3. The molecule has 0 fully saturated rings. The molecule has 0 aliphatic heterocycles. The first-order valence-electron chi connectivity index (χ1n) is 5.17. The van der Waals surface area contributed by atoms with Crippen molar-refractivity contribution in [3.8, 4) is 17.2 Å². The largest absolute Gasteiger partial charge is 0.506 e. The number of benzene rings is 1. The van der Waals surface area contributed by atoms with Gasteiger partial charge in [-0.3, -0.25) is 4.79 Å². The van der Waals surface area contributed by atoms with E-state index < -0.39 is 8.07 Å². The Balaban J connectivity index is 3.20. The van der Waals surface area contributed by atoms with Crippen LogP contribution in [-0.4, -0.2) is 19.0 Å². The molecule has 84 valence electrons. The van der Waals surface area contributed by atoms with Gasteiger partial charge in [0.05, 0.1) is 11.1 Å². The number of para-hydroxylation sites is 1. The lowest BCUT2D eigenvalue weighted by molar-refractivity contribution is 0.101. The van der Waals surface area contributed by atoms with Crippen molar-refractivity contribution in [2.24, 2.45) is 0 Å². The minimum Gasteiger partial charge on any atom is -0.506 e. The number of Topliss-reactive ketones (excluding diaryl/α,β-unsaturated/α-hetero) is 1. The zero-order valence-corrected chi connectivity index (χ0v) is 11.1. The molecule has 0 radical (unpaired) electrons. The smallest absolute Gasteiger partial charge is 0.163 e. The van der Waals surface area contributed by atoms with Crippen molar-refractivity contribution in [1.82, 2.24) is 0 Å². The number of phenols is 1. The molecule has 0 saturated heterocycles. The third-order valence-corrected chi connectivity index (χ3v) is 2.86. The second-order valence-electron chi connectivity index (χ2n) is 4.76. The maximum Gasteiger partial charge on any atom is 0.163 e. The molecule has 0 atom stereocenters.